The van der Waals surface area contributed by atoms with Gasteiger partial charge in [-0.15, -0.1) is 0 Å². The second-order valence-corrected chi connectivity index (χ2v) is 12.4. The molecule has 3 amide bonds. The van der Waals surface area contributed by atoms with Gasteiger partial charge < -0.3 is 15.0 Å². The van der Waals surface area contributed by atoms with E-state index >= 15 is 0 Å². The van der Waals surface area contributed by atoms with Gasteiger partial charge in [-0.2, -0.15) is 0 Å². The Morgan fingerprint density at radius 3 is 2.51 bits per heavy atom. The van der Waals surface area contributed by atoms with Crippen LogP contribution in [0.3, 0.4) is 0 Å². The highest BCUT2D eigenvalue weighted by molar-refractivity contribution is 8.00. The normalized spacial score (nSPS) is 19.3. The molecular formula is C32H22FN3O5S2. The standard InChI is InChI=1S/C32H22FN3O5S2/c33-20-9-12-22(13-10-20)36-30(38)26-25(27-29(35-32(40)43-27)42-28(26)31(36)39)19-6-3-7-23(15-19)41-16-24(37)34-21-11-8-17-4-1-2-5-18(17)14-21/h1-15,25-26,28H,16H2,(H,34,37)(H,35,40)/t25-,26-,28+/m0/s1. The quantitative estimate of drug-likeness (QED) is 0.244. The van der Waals surface area contributed by atoms with Crippen molar-refractivity contribution in [2.75, 3.05) is 16.8 Å². The van der Waals surface area contributed by atoms with Crippen molar-refractivity contribution in [2.24, 2.45) is 5.92 Å². The van der Waals surface area contributed by atoms with E-state index in [-0.39, 0.29) is 23.1 Å². The number of carbonyl (C=O) groups is 3. The molecule has 4 aromatic carbocycles. The Morgan fingerprint density at radius 2 is 1.70 bits per heavy atom. The summed E-state index contributed by atoms with van der Waals surface area (Å²) >= 11 is 2.17. The number of aromatic nitrogens is 1. The number of benzene rings is 4. The van der Waals surface area contributed by atoms with Crippen molar-refractivity contribution in [3.05, 3.63) is 117 Å². The van der Waals surface area contributed by atoms with Crippen molar-refractivity contribution in [2.45, 2.75) is 16.2 Å². The Bertz CT molecular complexity index is 1970. The summed E-state index contributed by atoms with van der Waals surface area (Å²) in [5.74, 6) is -2.67. The second-order valence-electron chi connectivity index (χ2n) is 10.2. The molecule has 2 N–H and O–H groups in total. The summed E-state index contributed by atoms with van der Waals surface area (Å²) in [4.78, 5) is 56.7. The number of halogens is 1. The molecule has 7 rings (SSSR count). The zero-order valence-corrected chi connectivity index (χ0v) is 23.9. The molecule has 5 aromatic rings. The number of thiazole rings is 1. The summed E-state index contributed by atoms with van der Waals surface area (Å²) in [7, 11) is 0. The van der Waals surface area contributed by atoms with Gasteiger partial charge in [0, 0.05) is 16.5 Å². The van der Waals surface area contributed by atoms with Crippen LogP contribution in [-0.4, -0.2) is 34.6 Å². The highest BCUT2D eigenvalue weighted by Gasteiger charge is 2.56. The van der Waals surface area contributed by atoms with Crippen LogP contribution in [0.4, 0.5) is 15.8 Å². The average Bonchev–Trinajstić information content (AvgIpc) is 3.50. The molecule has 0 bridgehead atoms. The lowest BCUT2D eigenvalue weighted by Gasteiger charge is -2.30. The number of rotatable bonds is 6. The molecule has 3 atom stereocenters. The molecular weight excluding hydrogens is 590 g/mol. The minimum absolute atomic E-state index is 0.249. The van der Waals surface area contributed by atoms with E-state index in [9.17, 15) is 23.6 Å². The number of aromatic amines is 1. The first kappa shape index (κ1) is 27.1. The van der Waals surface area contributed by atoms with E-state index in [0.717, 1.165) is 38.8 Å². The predicted molar refractivity (Wildman–Crippen MR) is 163 cm³/mol. The van der Waals surface area contributed by atoms with Gasteiger partial charge in [0.15, 0.2) is 6.61 Å². The fourth-order valence-corrected chi connectivity index (χ4v) is 8.15. The highest BCUT2D eigenvalue weighted by atomic mass is 32.2. The number of fused-ring (bicyclic) bond motifs is 3. The molecule has 11 heteroatoms. The molecule has 3 heterocycles. The maximum Gasteiger partial charge on any atom is 0.305 e. The zero-order valence-electron chi connectivity index (χ0n) is 22.3. The van der Waals surface area contributed by atoms with Gasteiger partial charge in [0.05, 0.1) is 16.6 Å². The molecule has 214 valence electrons. The van der Waals surface area contributed by atoms with E-state index in [0.29, 0.717) is 26.9 Å². The molecule has 0 saturated carbocycles. The number of anilines is 2. The zero-order chi connectivity index (χ0) is 29.7. The molecule has 1 saturated heterocycles. The van der Waals surface area contributed by atoms with Crippen LogP contribution >= 0.6 is 23.1 Å². The lowest BCUT2D eigenvalue weighted by molar-refractivity contribution is -0.122. The smallest absolute Gasteiger partial charge is 0.305 e. The van der Waals surface area contributed by atoms with Crippen LogP contribution in [0.15, 0.2) is 101 Å². The van der Waals surface area contributed by atoms with Crippen molar-refractivity contribution in [3.8, 4) is 5.75 Å². The molecule has 2 aliphatic heterocycles. The third-order valence-electron chi connectivity index (χ3n) is 7.53. The molecule has 8 nitrogen and oxygen atoms in total. The lowest BCUT2D eigenvalue weighted by Crippen LogP contribution is -2.32. The van der Waals surface area contributed by atoms with E-state index < -0.39 is 34.7 Å². The number of ether oxygens (including phenoxy) is 1. The lowest BCUT2D eigenvalue weighted by atomic mass is 9.83. The first-order valence-corrected chi connectivity index (χ1v) is 15.1. The van der Waals surface area contributed by atoms with Crippen LogP contribution in [0.2, 0.25) is 0 Å². The van der Waals surface area contributed by atoms with E-state index in [1.54, 1.807) is 18.2 Å². The number of thioether (sulfide) groups is 1. The number of H-pyrrole nitrogens is 1. The molecule has 0 radical (unpaired) electrons. The molecule has 2 aliphatic rings. The van der Waals surface area contributed by atoms with Crippen LogP contribution < -0.4 is 19.8 Å². The maximum absolute atomic E-state index is 13.8. The van der Waals surface area contributed by atoms with Crippen molar-refractivity contribution in [1.82, 2.24) is 4.98 Å². The monoisotopic (exact) mass is 611 g/mol. The van der Waals surface area contributed by atoms with Gasteiger partial charge in [0.25, 0.3) is 5.91 Å². The average molecular weight is 612 g/mol. The third-order valence-corrected chi connectivity index (χ3v) is 9.93. The summed E-state index contributed by atoms with van der Waals surface area (Å²) in [5.41, 5.74) is 1.61. The Morgan fingerprint density at radius 1 is 0.907 bits per heavy atom. The Kier molecular flexibility index (Phi) is 6.83. The van der Waals surface area contributed by atoms with Crippen LogP contribution in [-0.2, 0) is 14.4 Å². The third kappa shape index (κ3) is 5.00. The number of nitrogens with one attached hydrogen (secondary N) is 2. The van der Waals surface area contributed by atoms with Crippen LogP contribution in [0.25, 0.3) is 10.8 Å². The van der Waals surface area contributed by atoms with Crippen molar-refractivity contribution < 1.29 is 23.5 Å². The van der Waals surface area contributed by atoms with Gasteiger partial charge >= 0.3 is 4.87 Å². The number of nitrogens with zero attached hydrogens (tertiary/aromatic N) is 1. The second kappa shape index (κ2) is 10.8. The molecule has 43 heavy (non-hydrogen) atoms. The summed E-state index contributed by atoms with van der Waals surface area (Å²) in [6.07, 6.45) is 0. The number of imide groups is 1. The minimum Gasteiger partial charge on any atom is -0.484 e. The van der Waals surface area contributed by atoms with Crippen LogP contribution in [0.1, 0.15) is 16.4 Å². The van der Waals surface area contributed by atoms with Gasteiger partial charge in [-0.25, -0.2) is 9.29 Å². The molecule has 1 fully saturated rings. The number of carbonyl (C=O) groups excluding carboxylic acids is 3. The summed E-state index contributed by atoms with van der Waals surface area (Å²) in [6, 6.07) is 25.7. The Balaban J connectivity index is 1.14. The number of hydrogen-bond acceptors (Lipinski definition) is 7. The summed E-state index contributed by atoms with van der Waals surface area (Å²) in [6.45, 7) is -0.249. The number of amides is 3. The molecule has 1 aromatic heterocycles. The van der Waals surface area contributed by atoms with Crippen molar-refractivity contribution in [1.29, 1.82) is 0 Å². The first-order valence-electron chi connectivity index (χ1n) is 13.4. The van der Waals surface area contributed by atoms with Gasteiger partial charge in [-0.3, -0.25) is 19.2 Å². The van der Waals surface area contributed by atoms with Gasteiger partial charge in [0.2, 0.25) is 11.8 Å². The fraction of sp³-hybridized carbons (Fsp3) is 0.125. The topological polar surface area (TPSA) is 109 Å². The first-order chi connectivity index (χ1) is 20.9. The van der Waals surface area contributed by atoms with Crippen molar-refractivity contribution in [3.63, 3.8) is 0 Å². The molecule has 0 aliphatic carbocycles. The molecule has 0 spiro atoms. The van der Waals surface area contributed by atoms with Crippen molar-refractivity contribution >= 4 is 63.0 Å². The fourth-order valence-electron chi connectivity index (χ4n) is 5.63. The summed E-state index contributed by atoms with van der Waals surface area (Å²) in [5, 5.41) is 4.68. The minimum atomic E-state index is -0.798. The SMILES string of the molecule is O=C(COc1cccc([C@@H]2c3sc(=O)[nH]c3S[C@H]3C(=O)N(c4ccc(F)cc4)C(=O)[C@@H]23)c1)Nc1ccc2ccccc2c1. The Labute approximate surface area is 252 Å². The number of hydrogen-bond donors (Lipinski definition) is 2. The summed E-state index contributed by atoms with van der Waals surface area (Å²) < 4.78 is 19.4. The van der Waals surface area contributed by atoms with E-state index in [4.69, 9.17) is 4.74 Å². The Hall–Kier alpha value is -4.74. The molecule has 0 unspecified atom stereocenters. The van der Waals surface area contributed by atoms with E-state index in [2.05, 4.69) is 10.3 Å². The van der Waals surface area contributed by atoms with E-state index in [1.807, 2.05) is 48.5 Å². The van der Waals surface area contributed by atoms with Gasteiger partial charge in [-0.1, -0.05) is 65.6 Å². The largest absolute Gasteiger partial charge is 0.484 e. The van der Waals surface area contributed by atoms with Crippen LogP contribution in [0.5, 0.6) is 5.75 Å². The maximum atomic E-state index is 13.8. The predicted octanol–water partition coefficient (Wildman–Crippen LogP) is 5.54. The highest BCUT2D eigenvalue weighted by Crippen LogP contribution is 2.53. The van der Waals surface area contributed by atoms with Gasteiger partial charge in [-0.05, 0) is 64.9 Å². The van der Waals surface area contributed by atoms with E-state index in [1.165, 1.54) is 24.3 Å². The van der Waals surface area contributed by atoms with Gasteiger partial charge in [0.1, 0.15) is 16.8 Å². The van der Waals surface area contributed by atoms with Crippen LogP contribution in [0, 0.1) is 11.7 Å².